The fraction of sp³-hybridized carbons (Fsp3) is 0.143. The van der Waals surface area contributed by atoms with Crippen LogP contribution in [-0.2, 0) is 14.4 Å². The zero-order valence-corrected chi connectivity index (χ0v) is 18.1. The van der Waals surface area contributed by atoms with Crippen LogP contribution in [0.15, 0.2) is 97.1 Å². The highest BCUT2D eigenvalue weighted by atomic mass is 16.7. The number of carbonyl (C=O) groups excluding carboxylic acids is 2. The third kappa shape index (κ3) is 3.04. The summed E-state index contributed by atoms with van der Waals surface area (Å²) in [5, 5.41) is 3.59. The van der Waals surface area contributed by atoms with Gasteiger partial charge in [-0.2, -0.15) is 0 Å². The molecule has 0 radical (unpaired) electrons. The molecule has 2 aliphatic heterocycles. The third-order valence-corrected chi connectivity index (χ3v) is 6.52. The van der Waals surface area contributed by atoms with E-state index in [4.69, 9.17) is 4.84 Å². The Morgan fingerprint density at radius 1 is 0.758 bits per heavy atom. The van der Waals surface area contributed by atoms with Gasteiger partial charge in [-0.3, -0.25) is 14.4 Å². The van der Waals surface area contributed by atoms with Crippen LogP contribution in [0.3, 0.4) is 0 Å². The van der Waals surface area contributed by atoms with Gasteiger partial charge in [0.15, 0.2) is 6.10 Å². The smallest absolute Gasteiger partial charge is 0.266 e. The number of hydrogen-bond donors (Lipinski definition) is 0. The van der Waals surface area contributed by atoms with Crippen molar-refractivity contribution in [2.24, 2.45) is 5.92 Å². The van der Waals surface area contributed by atoms with Crippen LogP contribution in [0, 0.1) is 12.8 Å². The summed E-state index contributed by atoms with van der Waals surface area (Å²) in [6.45, 7) is 2.02. The second kappa shape index (κ2) is 7.57. The monoisotopic (exact) mass is 434 g/mol. The summed E-state index contributed by atoms with van der Waals surface area (Å²) in [4.78, 5) is 35.1. The fourth-order valence-electron chi connectivity index (χ4n) is 5.05. The van der Waals surface area contributed by atoms with E-state index in [0.717, 1.165) is 27.6 Å². The normalized spacial score (nSPS) is 22.3. The number of amides is 2. The lowest BCUT2D eigenvalue weighted by Gasteiger charge is -2.29. The fourth-order valence-corrected chi connectivity index (χ4v) is 5.05. The van der Waals surface area contributed by atoms with Crippen LogP contribution in [0.25, 0.3) is 10.8 Å². The zero-order chi connectivity index (χ0) is 22.5. The number of rotatable bonds is 3. The van der Waals surface area contributed by atoms with Crippen molar-refractivity contribution in [1.82, 2.24) is 0 Å². The van der Waals surface area contributed by atoms with Gasteiger partial charge in [-0.15, -0.1) is 0 Å². The van der Waals surface area contributed by atoms with E-state index in [9.17, 15) is 9.59 Å². The largest absolute Gasteiger partial charge is 0.273 e. The molecule has 4 aromatic rings. The van der Waals surface area contributed by atoms with Crippen molar-refractivity contribution in [1.29, 1.82) is 0 Å². The van der Waals surface area contributed by atoms with Crippen LogP contribution in [0.5, 0.6) is 0 Å². The first-order chi connectivity index (χ1) is 16.1. The zero-order valence-electron chi connectivity index (χ0n) is 18.1. The molecule has 2 fully saturated rings. The number of para-hydroxylation sites is 1. The second-order valence-electron chi connectivity index (χ2n) is 8.58. The Kier molecular flexibility index (Phi) is 4.52. The predicted molar refractivity (Wildman–Crippen MR) is 128 cm³/mol. The van der Waals surface area contributed by atoms with Gasteiger partial charge in [0.1, 0.15) is 5.92 Å². The number of anilines is 2. The molecule has 0 aromatic heterocycles. The van der Waals surface area contributed by atoms with Gasteiger partial charge in [0.25, 0.3) is 5.91 Å². The molecule has 5 nitrogen and oxygen atoms in total. The number of benzene rings is 4. The average molecular weight is 434 g/mol. The van der Waals surface area contributed by atoms with Gasteiger partial charge in [0, 0.05) is 5.39 Å². The average Bonchev–Trinajstić information content (AvgIpc) is 3.35. The van der Waals surface area contributed by atoms with Crippen molar-refractivity contribution >= 4 is 34.0 Å². The SMILES string of the molecule is Cc1cccc([C@H]2[C@@H]3C(=O)N(c4cccc5ccccc45)C(=O)[C@@H]3ON2c2ccccc2)c1. The van der Waals surface area contributed by atoms with Crippen LogP contribution in [0.2, 0.25) is 0 Å². The lowest BCUT2D eigenvalue weighted by molar-refractivity contribution is -0.126. The molecule has 0 saturated carbocycles. The first kappa shape index (κ1) is 19.7. The summed E-state index contributed by atoms with van der Waals surface area (Å²) in [6, 6.07) is 30.8. The molecule has 0 bridgehead atoms. The van der Waals surface area contributed by atoms with E-state index in [-0.39, 0.29) is 11.8 Å². The molecule has 2 aliphatic rings. The highest BCUT2D eigenvalue weighted by Gasteiger charge is 2.60. The summed E-state index contributed by atoms with van der Waals surface area (Å²) in [5.41, 5.74) is 3.46. The lowest BCUT2D eigenvalue weighted by atomic mass is 9.90. The van der Waals surface area contributed by atoms with Crippen molar-refractivity contribution in [3.63, 3.8) is 0 Å². The molecule has 5 heteroatoms. The Balaban J connectivity index is 1.47. The maximum atomic E-state index is 13.9. The van der Waals surface area contributed by atoms with Crippen LogP contribution in [0.1, 0.15) is 17.2 Å². The number of hydroxylamine groups is 1. The van der Waals surface area contributed by atoms with E-state index in [2.05, 4.69) is 6.07 Å². The number of fused-ring (bicyclic) bond motifs is 2. The van der Waals surface area contributed by atoms with Gasteiger partial charge in [-0.1, -0.05) is 84.4 Å². The van der Waals surface area contributed by atoms with E-state index < -0.39 is 18.1 Å². The van der Waals surface area contributed by atoms with Crippen molar-refractivity contribution in [3.8, 4) is 0 Å². The second-order valence-corrected chi connectivity index (χ2v) is 8.58. The highest BCUT2D eigenvalue weighted by molar-refractivity contribution is 6.26. The van der Waals surface area contributed by atoms with Gasteiger partial charge < -0.3 is 0 Å². The van der Waals surface area contributed by atoms with E-state index >= 15 is 0 Å². The third-order valence-electron chi connectivity index (χ3n) is 6.52. The van der Waals surface area contributed by atoms with E-state index in [0.29, 0.717) is 5.69 Å². The molecule has 33 heavy (non-hydrogen) atoms. The van der Waals surface area contributed by atoms with Gasteiger partial charge in [0.05, 0.1) is 17.4 Å². The first-order valence-electron chi connectivity index (χ1n) is 11.1. The minimum Gasteiger partial charge on any atom is -0.273 e. The minimum atomic E-state index is -0.873. The van der Waals surface area contributed by atoms with Gasteiger partial charge in [-0.25, -0.2) is 9.96 Å². The lowest BCUT2D eigenvalue weighted by Crippen LogP contribution is -2.37. The molecule has 0 spiro atoms. The van der Waals surface area contributed by atoms with Crippen LogP contribution in [-0.4, -0.2) is 17.9 Å². The number of nitrogens with zero attached hydrogens (tertiary/aromatic N) is 2. The van der Waals surface area contributed by atoms with E-state index in [1.54, 1.807) is 5.06 Å². The van der Waals surface area contributed by atoms with Crippen molar-refractivity contribution in [3.05, 3.63) is 108 Å². The Morgan fingerprint density at radius 2 is 1.48 bits per heavy atom. The van der Waals surface area contributed by atoms with E-state index in [1.807, 2.05) is 97.9 Å². The summed E-state index contributed by atoms with van der Waals surface area (Å²) >= 11 is 0. The quantitative estimate of drug-likeness (QED) is 0.416. The maximum absolute atomic E-state index is 13.9. The van der Waals surface area contributed by atoms with Crippen molar-refractivity contribution in [2.75, 3.05) is 9.96 Å². The predicted octanol–water partition coefficient (Wildman–Crippen LogP) is 5.20. The molecule has 3 atom stereocenters. The van der Waals surface area contributed by atoms with Crippen LogP contribution in [0.4, 0.5) is 11.4 Å². The molecule has 0 N–H and O–H groups in total. The summed E-state index contributed by atoms with van der Waals surface area (Å²) < 4.78 is 0. The van der Waals surface area contributed by atoms with Gasteiger partial charge in [0.2, 0.25) is 5.91 Å². The van der Waals surface area contributed by atoms with Crippen molar-refractivity contribution < 1.29 is 14.4 Å². The van der Waals surface area contributed by atoms with Crippen LogP contribution >= 0.6 is 0 Å². The Hall–Kier alpha value is -3.96. The summed E-state index contributed by atoms with van der Waals surface area (Å²) in [5.74, 6) is -1.19. The molecule has 2 heterocycles. The molecule has 2 amide bonds. The van der Waals surface area contributed by atoms with Gasteiger partial charge >= 0.3 is 0 Å². The molecule has 0 unspecified atom stereocenters. The number of aryl methyl sites for hydroxylation is 1. The topological polar surface area (TPSA) is 49.9 Å². The Morgan fingerprint density at radius 3 is 2.30 bits per heavy atom. The number of carbonyl (C=O) groups is 2. The molecule has 162 valence electrons. The molecule has 0 aliphatic carbocycles. The number of imide groups is 1. The Bertz CT molecular complexity index is 1380. The molecule has 2 saturated heterocycles. The molecular formula is C28H22N2O3. The summed E-state index contributed by atoms with van der Waals surface area (Å²) in [7, 11) is 0. The minimum absolute atomic E-state index is 0.230. The standard InChI is InChI=1S/C28H22N2O3/c1-18-9-7-12-20(17-18)25-24-26(33-30(25)21-13-3-2-4-14-21)28(32)29(27(24)31)23-16-8-11-19-10-5-6-15-22(19)23/h2-17,24-26H,1H3/t24-,25-,26+/m0/s1. The Labute approximate surface area is 191 Å². The van der Waals surface area contributed by atoms with E-state index in [1.165, 1.54) is 4.90 Å². The number of hydrogen-bond acceptors (Lipinski definition) is 4. The summed E-state index contributed by atoms with van der Waals surface area (Å²) in [6.07, 6.45) is -0.873. The molecular weight excluding hydrogens is 412 g/mol. The van der Waals surface area contributed by atoms with Crippen molar-refractivity contribution in [2.45, 2.75) is 19.1 Å². The maximum Gasteiger partial charge on any atom is 0.266 e. The molecule has 6 rings (SSSR count). The van der Waals surface area contributed by atoms with Crippen LogP contribution < -0.4 is 9.96 Å². The molecule has 4 aromatic carbocycles. The first-order valence-corrected chi connectivity index (χ1v) is 11.1. The highest BCUT2D eigenvalue weighted by Crippen LogP contribution is 2.48. The van der Waals surface area contributed by atoms with Gasteiger partial charge in [-0.05, 0) is 36.1 Å².